The van der Waals surface area contributed by atoms with Gasteiger partial charge in [-0.15, -0.1) is 34.0 Å². The van der Waals surface area contributed by atoms with Crippen LogP contribution in [0, 0.1) is 41.5 Å². The highest BCUT2D eigenvalue weighted by atomic mass is 32.1. The maximum atomic E-state index is 13.6. The van der Waals surface area contributed by atoms with Gasteiger partial charge in [-0.1, -0.05) is 144 Å². The smallest absolute Gasteiger partial charge is 0.358 e. The number of hydrogen-bond acceptors (Lipinski definition) is 18. The lowest BCUT2D eigenvalue weighted by atomic mass is 10.2. The number of thiazole rings is 3. The summed E-state index contributed by atoms with van der Waals surface area (Å²) in [5.74, 6) is -1.70. The molecular weight excluding hydrogens is 1190 g/mol. The van der Waals surface area contributed by atoms with Gasteiger partial charge in [-0.3, -0.25) is 23.9 Å². The Morgan fingerprint density at radius 1 is 0.464 bits per heavy atom. The summed E-state index contributed by atoms with van der Waals surface area (Å²) in [5, 5.41) is 18.5. The molecule has 25 heteroatoms. The zero-order valence-electron chi connectivity index (χ0n) is 47.7. The van der Waals surface area contributed by atoms with Crippen molar-refractivity contribution < 1.29 is 61.1 Å². The number of nitrogens with one attached hydrogen (secondary N) is 2. The van der Waals surface area contributed by atoms with Crippen molar-refractivity contribution in [1.29, 1.82) is 0 Å². The summed E-state index contributed by atoms with van der Waals surface area (Å²) in [5.41, 5.74) is 13.8. The van der Waals surface area contributed by atoms with Crippen molar-refractivity contribution in [2.24, 2.45) is 0 Å². The fourth-order valence-electron chi connectivity index (χ4n) is 8.03. The fraction of sp³-hybridized carbons (Fsp3) is 0.186. The first kappa shape index (κ1) is 65.7. The number of anilines is 3. The molecule has 3 aromatic heterocycles. The summed E-state index contributed by atoms with van der Waals surface area (Å²) >= 11 is 3.43. The van der Waals surface area contributed by atoms with Crippen LogP contribution >= 0.6 is 56.6 Å². The van der Waals surface area contributed by atoms with E-state index in [2.05, 4.69) is 34.4 Å². The molecule has 0 aliphatic heterocycles. The van der Waals surface area contributed by atoms with E-state index in [1.165, 1.54) is 58.2 Å². The number of rotatable bonds is 16. The number of aryl methyl sites for hydroxylation is 6. The van der Waals surface area contributed by atoms with Gasteiger partial charge in [0.25, 0.3) is 0 Å². The second kappa shape index (κ2) is 29.4. The van der Waals surface area contributed by atoms with Crippen LogP contribution in [-0.4, -0.2) is 78.4 Å². The molecule has 3 atom stereocenters. The van der Waals surface area contributed by atoms with E-state index in [4.69, 9.17) is 19.5 Å². The monoisotopic (exact) mass is 1250 g/mol. The molecule has 0 saturated heterocycles. The molecular formula is C59H63N6O13P3S3. The Labute approximate surface area is 499 Å². The first-order valence-corrected chi connectivity index (χ1v) is 32.5. The number of nitrogens with two attached hydrogens (primary N) is 1. The number of esters is 2. The SMILES string of the molecule is COC(=O)c1sc(-c2ccccc2)nc1N.COC(=O)c1sc(-c2ccccc2)nc1NP(=O)(OC)c1ccc(C)cc1C.COP(=O)(Nc1nc(-c2ccccc2)sc1C(=O)O)c1ccc(C)cc1C.COP(=O)(O)c1ccc(C)cc1C. The van der Waals surface area contributed by atoms with E-state index in [9.17, 15) is 38.1 Å². The van der Waals surface area contributed by atoms with E-state index >= 15 is 0 Å². The zero-order valence-corrected chi connectivity index (χ0v) is 52.9. The molecule has 0 aliphatic carbocycles. The summed E-state index contributed by atoms with van der Waals surface area (Å²) < 4.78 is 63.2. The third-order valence-electron chi connectivity index (χ3n) is 12.2. The molecule has 0 fully saturated rings. The predicted molar refractivity (Wildman–Crippen MR) is 337 cm³/mol. The van der Waals surface area contributed by atoms with Crippen molar-refractivity contribution in [3.05, 3.63) is 194 Å². The molecule has 3 unspecified atom stereocenters. The summed E-state index contributed by atoms with van der Waals surface area (Å²) in [6.07, 6.45) is 0. The number of methoxy groups -OCH3 is 2. The van der Waals surface area contributed by atoms with Crippen LogP contribution in [0.3, 0.4) is 0 Å². The number of hydrogen-bond donors (Lipinski definition) is 5. The Morgan fingerprint density at radius 3 is 1.14 bits per heavy atom. The third-order valence-corrected chi connectivity index (χ3v) is 21.4. The Morgan fingerprint density at radius 2 is 0.798 bits per heavy atom. The molecule has 0 radical (unpaired) electrons. The number of carbonyl (C=O) groups excluding carboxylic acids is 2. The second-order valence-corrected chi connectivity index (χ2v) is 27.5. The highest BCUT2D eigenvalue weighted by Gasteiger charge is 2.33. The Bertz CT molecular complexity index is 3920. The van der Waals surface area contributed by atoms with Crippen LogP contribution in [0.4, 0.5) is 17.5 Å². The third kappa shape index (κ3) is 16.5. The minimum Gasteiger partial charge on any atom is -0.477 e. The van der Waals surface area contributed by atoms with Gasteiger partial charge in [0.05, 0.1) is 30.1 Å². The standard InChI is InChI=1S/C20H21N2O4PS.C19H19N2O4PS.C11H10N2O2S.C9H13O3P/c1-13-10-11-16(14(2)12-13)27(24,26-4)22-18-17(20(23)25-3)28-19(21-18)15-8-6-5-7-9-15;1-12-9-10-15(13(2)11-12)26(24,25-3)21-17-16(19(22)23)27-18(20-17)14-7-5-4-6-8-14;1-15-11(14)8-9(12)13-10(16-8)7-5-3-2-4-6-7;1-7-4-5-9(8(2)6-7)13(10,11)12-3/h5-12H,1-4H3,(H,22,24);4-11H,1-3H3,(H,21,24)(H,22,23);2-6H,12H2,1H3;4-6H,1-3H3,(H,10,11). The van der Waals surface area contributed by atoms with E-state index < -0.39 is 40.5 Å². The highest BCUT2D eigenvalue weighted by molar-refractivity contribution is 7.69. The molecule has 19 nitrogen and oxygen atoms in total. The number of ether oxygens (including phenoxy) is 2. The van der Waals surface area contributed by atoms with Gasteiger partial charge in [0.15, 0.2) is 26.3 Å². The minimum absolute atomic E-state index is 0.0177. The second-order valence-electron chi connectivity index (χ2n) is 18.3. The summed E-state index contributed by atoms with van der Waals surface area (Å²) in [4.78, 5) is 58.3. The molecule has 0 bridgehead atoms. The van der Waals surface area contributed by atoms with Crippen LogP contribution in [0.2, 0.25) is 0 Å². The van der Waals surface area contributed by atoms with Crippen molar-refractivity contribution >= 4 is 108 Å². The van der Waals surface area contributed by atoms with Crippen molar-refractivity contribution in [1.82, 2.24) is 15.0 Å². The number of aromatic carboxylic acids is 1. The van der Waals surface area contributed by atoms with Crippen LogP contribution in [0.25, 0.3) is 31.7 Å². The van der Waals surface area contributed by atoms with Gasteiger partial charge in [0.1, 0.15) is 20.8 Å². The van der Waals surface area contributed by atoms with Crippen LogP contribution in [0.15, 0.2) is 146 Å². The number of carboxylic acid groups (broad SMARTS) is 1. The van der Waals surface area contributed by atoms with Gasteiger partial charge in [0.2, 0.25) is 0 Å². The lowest BCUT2D eigenvalue weighted by Gasteiger charge is -2.20. The predicted octanol–water partition coefficient (Wildman–Crippen LogP) is 13.4. The van der Waals surface area contributed by atoms with Gasteiger partial charge in [-0.05, 0) is 76.4 Å². The van der Waals surface area contributed by atoms with E-state index in [1.54, 1.807) is 31.2 Å². The molecule has 9 aromatic rings. The molecule has 0 amide bonds. The molecule has 0 saturated carbocycles. The summed E-state index contributed by atoms with van der Waals surface area (Å²) in [6.45, 7) is 11.3. The van der Waals surface area contributed by atoms with E-state index in [0.29, 0.717) is 30.8 Å². The molecule has 6 aromatic carbocycles. The average Bonchev–Trinajstić information content (AvgIpc) is 2.39. The van der Waals surface area contributed by atoms with Crippen LogP contribution in [-0.2, 0) is 36.7 Å². The van der Waals surface area contributed by atoms with Crippen LogP contribution in [0.5, 0.6) is 0 Å². The van der Waals surface area contributed by atoms with Gasteiger partial charge in [-0.2, -0.15) is 0 Å². The van der Waals surface area contributed by atoms with Crippen molar-refractivity contribution in [2.45, 2.75) is 41.5 Å². The lowest BCUT2D eigenvalue weighted by molar-refractivity contribution is 0.0598. The van der Waals surface area contributed by atoms with Gasteiger partial charge < -0.3 is 38.8 Å². The number of benzene rings is 6. The van der Waals surface area contributed by atoms with E-state index in [0.717, 1.165) is 66.4 Å². The Hall–Kier alpha value is -7.45. The number of aromatic nitrogens is 3. The first-order valence-electron chi connectivity index (χ1n) is 25.3. The largest absolute Gasteiger partial charge is 0.477 e. The number of carboxylic acids is 1. The molecule has 0 aliphatic rings. The molecule has 84 heavy (non-hydrogen) atoms. The topological polar surface area (TPSA) is 278 Å². The minimum atomic E-state index is -3.58. The first-order chi connectivity index (χ1) is 39.9. The highest BCUT2D eigenvalue weighted by Crippen LogP contribution is 2.49. The molecule has 6 N–H and O–H groups in total. The average molecular weight is 1250 g/mol. The summed E-state index contributed by atoms with van der Waals surface area (Å²) in [7, 11) is -4.07. The van der Waals surface area contributed by atoms with E-state index in [-0.39, 0.29) is 27.2 Å². The fourth-order valence-corrected chi connectivity index (χ4v) is 15.2. The van der Waals surface area contributed by atoms with Crippen molar-refractivity contribution in [3.8, 4) is 31.7 Å². The molecule has 0 spiro atoms. The van der Waals surface area contributed by atoms with Crippen molar-refractivity contribution in [2.75, 3.05) is 51.5 Å². The zero-order chi connectivity index (χ0) is 61.5. The van der Waals surface area contributed by atoms with Crippen molar-refractivity contribution in [3.63, 3.8) is 0 Å². The lowest BCUT2D eigenvalue weighted by Crippen LogP contribution is -2.17. The van der Waals surface area contributed by atoms with Crippen LogP contribution < -0.4 is 31.8 Å². The Balaban J connectivity index is 0.000000188. The number of nitrogen functional groups attached to an aromatic ring is 1. The number of carbonyl (C=O) groups is 3. The van der Waals surface area contributed by atoms with Gasteiger partial charge in [0, 0.05) is 38.0 Å². The molecule has 440 valence electrons. The normalized spacial score (nSPS) is 12.9. The number of nitrogens with zero attached hydrogens (tertiary/aromatic N) is 3. The van der Waals surface area contributed by atoms with Crippen LogP contribution in [0.1, 0.15) is 62.4 Å². The molecule has 9 rings (SSSR count). The quantitative estimate of drug-likeness (QED) is 0.0444. The molecule has 3 heterocycles. The maximum absolute atomic E-state index is 13.6. The Kier molecular flexibility index (Phi) is 23.0. The van der Waals surface area contributed by atoms with E-state index in [1.807, 2.05) is 156 Å². The van der Waals surface area contributed by atoms with Gasteiger partial charge in [-0.25, -0.2) is 29.3 Å². The maximum Gasteiger partial charge on any atom is 0.358 e. The summed E-state index contributed by atoms with van der Waals surface area (Å²) in [6, 6.07) is 44.6. The van der Waals surface area contributed by atoms with Gasteiger partial charge >= 0.3 is 40.5 Å².